The molecule has 174 valence electrons. The van der Waals surface area contributed by atoms with Gasteiger partial charge in [0, 0.05) is 25.2 Å². The first-order chi connectivity index (χ1) is 15.4. The predicted molar refractivity (Wildman–Crippen MR) is 125 cm³/mol. The molecule has 7 heteroatoms. The molecule has 0 aromatic heterocycles. The highest BCUT2D eigenvalue weighted by molar-refractivity contribution is 7.92. The second-order valence-corrected chi connectivity index (χ2v) is 10.6. The number of benzene rings is 2. The van der Waals surface area contributed by atoms with Gasteiger partial charge in [0.15, 0.2) is 0 Å². The molecular formula is C25H33NO5S. The molecule has 1 N–H and O–H groups in total. The number of aliphatic hydroxyl groups excluding tert-OH is 1. The van der Waals surface area contributed by atoms with E-state index in [4.69, 9.17) is 9.47 Å². The molecule has 32 heavy (non-hydrogen) atoms. The van der Waals surface area contributed by atoms with Gasteiger partial charge < -0.3 is 14.6 Å². The van der Waals surface area contributed by atoms with Gasteiger partial charge in [-0.3, -0.25) is 4.31 Å². The van der Waals surface area contributed by atoms with E-state index in [-0.39, 0.29) is 29.6 Å². The van der Waals surface area contributed by atoms with Gasteiger partial charge in [-0.1, -0.05) is 19.1 Å². The molecule has 2 atom stereocenters. The Bertz CT molecular complexity index is 1020. The van der Waals surface area contributed by atoms with Crippen molar-refractivity contribution in [1.82, 2.24) is 0 Å². The second-order valence-electron chi connectivity index (χ2n) is 8.77. The lowest BCUT2D eigenvalue weighted by Crippen LogP contribution is -2.42. The fourth-order valence-corrected chi connectivity index (χ4v) is 6.43. The molecule has 0 amide bonds. The van der Waals surface area contributed by atoms with Gasteiger partial charge in [0.1, 0.15) is 11.9 Å². The molecular weight excluding hydrogens is 426 g/mol. The molecule has 0 bridgehead atoms. The van der Waals surface area contributed by atoms with Crippen LogP contribution in [0.15, 0.2) is 47.4 Å². The van der Waals surface area contributed by atoms with E-state index >= 15 is 0 Å². The van der Waals surface area contributed by atoms with Crippen molar-refractivity contribution in [1.29, 1.82) is 0 Å². The molecule has 0 aliphatic carbocycles. The maximum atomic E-state index is 13.6. The van der Waals surface area contributed by atoms with Gasteiger partial charge in [-0.2, -0.15) is 0 Å². The summed E-state index contributed by atoms with van der Waals surface area (Å²) in [5.74, 6) is 0.796. The summed E-state index contributed by atoms with van der Waals surface area (Å²) < 4.78 is 40.1. The summed E-state index contributed by atoms with van der Waals surface area (Å²) in [6.45, 7) is 5.35. The van der Waals surface area contributed by atoms with E-state index in [1.165, 1.54) is 5.56 Å². The first kappa shape index (κ1) is 23.1. The molecule has 2 heterocycles. The standard InChI is InChI=1S/C25H33NO5S/c1-3-19-5-11-24-21(16-19)6-4-18(2)26(24)32(28,29)23-9-7-22(8-10-23)31-25(17-27)20-12-14-30-15-13-20/h5,7-11,16,18,20,25,27H,3-4,6,12-15,17H2,1-2H3. The van der Waals surface area contributed by atoms with Crippen molar-refractivity contribution >= 4 is 15.7 Å². The topological polar surface area (TPSA) is 76.1 Å². The minimum absolute atomic E-state index is 0.0768. The van der Waals surface area contributed by atoms with Crippen molar-refractivity contribution in [2.24, 2.45) is 5.92 Å². The lowest BCUT2D eigenvalue weighted by molar-refractivity contribution is -0.00307. The molecule has 6 nitrogen and oxygen atoms in total. The Morgan fingerprint density at radius 2 is 1.84 bits per heavy atom. The number of sulfonamides is 1. The van der Waals surface area contributed by atoms with Crippen LogP contribution in [0.1, 0.15) is 44.2 Å². The van der Waals surface area contributed by atoms with Crippen LogP contribution >= 0.6 is 0 Å². The van der Waals surface area contributed by atoms with Crippen LogP contribution in [0.2, 0.25) is 0 Å². The molecule has 2 aromatic carbocycles. The largest absolute Gasteiger partial charge is 0.488 e. The number of aliphatic hydroxyl groups is 1. The molecule has 0 saturated carbocycles. The fourth-order valence-electron chi connectivity index (χ4n) is 4.71. The molecule has 2 aliphatic heterocycles. The van der Waals surface area contributed by atoms with Gasteiger partial charge in [-0.25, -0.2) is 8.42 Å². The maximum Gasteiger partial charge on any atom is 0.264 e. The Morgan fingerprint density at radius 3 is 2.50 bits per heavy atom. The molecule has 2 unspecified atom stereocenters. The van der Waals surface area contributed by atoms with Crippen molar-refractivity contribution in [3.05, 3.63) is 53.6 Å². The number of ether oxygens (including phenoxy) is 2. The van der Waals surface area contributed by atoms with Crippen LogP contribution in [-0.2, 0) is 27.6 Å². The van der Waals surface area contributed by atoms with Crippen LogP contribution in [0, 0.1) is 5.92 Å². The van der Waals surface area contributed by atoms with Gasteiger partial charge >= 0.3 is 0 Å². The molecule has 0 spiro atoms. The van der Waals surface area contributed by atoms with Crippen molar-refractivity contribution in [2.45, 2.75) is 63.0 Å². The average molecular weight is 460 g/mol. The number of anilines is 1. The molecule has 1 saturated heterocycles. The number of rotatable bonds is 7. The Balaban J connectivity index is 1.56. The zero-order chi connectivity index (χ0) is 22.7. The Hall–Kier alpha value is -2.09. The summed E-state index contributed by atoms with van der Waals surface area (Å²) in [5, 5.41) is 9.78. The van der Waals surface area contributed by atoms with E-state index in [9.17, 15) is 13.5 Å². The van der Waals surface area contributed by atoms with Gasteiger partial charge in [-0.05, 0) is 80.5 Å². The van der Waals surface area contributed by atoms with E-state index in [0.29, 0.717) is 19.0 Å². The van der Waals surface area contributed by atoms with Gasteiger partial charge in [0.05, 0.1) is 17.2 Å². The van der Waals surface area contributed by atoms with Crippen molar-refractivity contribution in [3.8, 4) is 5.75 Å². The highest BCUT2D eigenvalue weighted by Crippen LogP contribution is 2.36. The third-order valence-corrected chi connectivity index (χ3v) is 8.60. The summed E-state index contributed by atoms with van der Waals surface area (Å²) in [7, 11) is -3.70. The van der Waals surface area contributed by atoms with Crippen LogP contribution in [0.3, 0.4) is 0 Å². The van der Waals surface area contributed by atoms with Gasteiger partial charge in [0.2, 0.25) is 0 Å². The number of aryl methyl sites for hydroxylation is 2. The van der Waals surface area contributed by atoms with Crippen molar-refractivity contribution in [3.63, 3.8) is 0 Å². The fraction of sp³-hybridized carbons (Fsp3) is 0.520. The summed E-state index contributed by atoms with van der Waals surface area (Å²) in [6.07, 6.45) is 4.00. The Labute approximate surface area is 191 Å². The quantitative estimate of drug-likeness (QED) is 0.679. The van der Waals surface area contributed by atoms with E-state index in [1.54, 1.807) is 28.6 Å². The predicted octanol–water partition coefficient (Wildman–Crippen LogP) is 3.95. The van der Waals surface area contributed by atoms with Crippen molar-refractivity contribution in [2.75, 3.05) is 24.1 Å². The van der Waals surface area contributed by atoms with Crippen LogP contribution in [-0.4, -0.2) is 45.5 Å². The lowest BCUT2D eigenvalue weighted by Gasteiger charge is -2.36. The van der Waals surface area contributed by atoms with E-state index in [0.717, 1.165) is 43.4 Å². The minimum atomic E-state index is -3.70. The zero-order valence-corrected chi connectivity index (χ0v) is 19.7. The number of nitrogens with zero attached hydrogens (tertiary/aromatic N) is 1. The van der Waals surface area contributed by atoms with Crippen LogP contribution in [0.5, 0.6) is 5.75 Å². The highest BCUT2D eigenvalue weighted by atomic mass is 32.2. The third kappa shape index (κ3) is 4.65. The normalized spacial score (nSPS) is 20.6. The smallest absolute Gasteiger partial charge is 0.264 e. The number of fused-ring (bicyclic) bond motifs is 1. The van der Waals surface area contributed by atoms with Crippen LogP contribution < -0.4 is 9.04 Å². The van der Waals surface area contributed by atoms with Crippen LogP contribution in [0.4, 0.5) is 5.69 Å². The van der Waals surface area contributed by atoms with E-state index in [1.807, 2.05) is 19.1 Å². The molecule has 2 aliphatic rings. The number of hydrogen-bond acceptors (Lipinski definition) is 5. The Kier molecular flexibility index (Phi) is 7.08. The van der Waals surface area contributed by atoms with E-state index in [2.05, 4.69) is 13.0 Å². The minimum Gasteiger partial charge on any atom is -0.488 e. The lowest BCUT2D eigenvalue weighted by atomic mass is 9.94. The molecule has 1 fully saturated rings. The molecule has 4 rings (SSSR count). The molecule has 2 aromatic rings. The summed E-state index contributed by atoms with van der Waals surface area (Å²) in [6, 6.07) is 12.6. The third-order valence-electron chi connectivity index (χ3n) is 6.66. The first-order valence-corrected chi connectivity index (χ1v) is 13.0. The monoisotopic (exact) mass is 459 g/mol. The first-order valence-electron chi connectivity index (χ1n) is 11.6. The van der Waals surface area contributed by atoms with Crippen molar-refractivity contribution < 1.29 is 23.0 Å². The average Bonchev–Trinajstić information content (AvgIpc) is 2.82. The summed E-state index contributed by atoms with van der Waals surface area (Å²) in [5.41, 5.74) is 3.09. The number of hydrogen-bond donors (Lipinski definition) is 1. The second kappa shape index (κ2) is 9.81. The maximum absolute atomic E-state index is 13.6. The van der Waals surface area contributed by atoms with Gasteiger partial charge in [0.25, 0.3) is 10.0 Å². The Morgan fingerprint density at radius 1 is 1.12 bits per heavy atom. The highest BCUT2D eigenvalue weighted by Gasteiger charge is 2.34. The van der Waals surface area contributed by atoms with Gasteiger partial charge in [-0.15, -0.1) is 0 Å². The SMILES string of the molecule is CCc1ccc2c(c1)CCC(C)N2S(=O)(=O)c1ccc(OC(CO)C2CCOCC2)cc1. The summed E-state index contributed by atoms with van der Waals surface area (Å²) >= 11 is 0. The molecule has 0 radical (unpaired) electrons. The van der Waals surface area contributed by atoms with Crippen LogP contribution in [0.25, 0.3) is 0 Å². The zero-order valence-electron chi connectivity index (χ0n) is 18.9. The summed E-state index contributed by atoms with van der Waals surface area (Å²) in [4.78, 5) is 0.246. The van der Waals surface area contributed by atoms with E-state index < -0.39 is 10.0 Å².